The van der Waals surface area contributed by atoms with Gasteiger partial charge in [0.05, 0.1) is 6.61 Å². The van der Waals surface area contributed by atoms with Crippen molar-refractivity contribution in [2.24, 2.45) is 10.9 Å². The molecule has 7 heteroatoms. The molecule has 3 N–H and O–H groups in total. The van der Waals surface area contributed by atoms with Gasteiger partial charge in [-0.05, 0) is 6.92 Å². The van der Waals surface area contributed by atoms with Gasteiger partial charge in [-0.3, -0.25) is 0 Å². The summed E-state index contributed by atoms with van der Waals surface area (Å²) in [6.07, 6.45) is 2.69. The fourth-order valence-corrected chi connectivity index (χ4v) is 1.09. The molecular formula is C9H14N4O3. The van der Waals surface area contributed by atoms with E-state index in [1.807, 2.05) is 6.92 Å². The van der Waals surface area contributed by atoms with E-state index in [-0.39, 0.29) is 23.5 Å². The Bertz CT molecular complexity index is 370. The largest absolute Gasteiger partial charge is 0.471 e. The van der Waals surface area contributed by atoms with Crippen molar-refractivity contribution in [3.05, 3.63) is 18.1 Å². The second kappa shape index (κ2) is 5.86. The van der Waals surface area contributed by atoms with Crippen molar-refractivity contribution >= 4 is 5.84 Å². The molecule has 0 radical (unpaired) electrons. The lowest BCUT2D eigenvalue weighted by Crippen LogP contribution is -2.23. The third-order valence-corrected chi connectivity index (χ3v) is 1.73. The first-order valence-corrected chi connectivity index (χ1v) is 4.63. The highest BCUT2D eigenvalue weighted by Gasteiger charge is 2.13. The Balaban J connectivity index is 2.87. The molecule has 0 fully saturated rings. The minimum Gasteiger partial charge on any atom is -0.471 e. The van der Waals surface area contributed by atoms with E-state index in [4.69, 9.17) is 20.4 Å². The average molecular weight is 226 g/mol. The molecule has 7 nitrogen and oxygen atoms in total. The second-order valence-electron chi connectivity index (χ2n) is 3.08. The molecular weight excluding hydrogens is 212 g/mol. The van der Waals surface area contributed by atoms with Gasteiger partial charge >= 0.3 is 0 Å². The number of methoxy groups -OCH3 is 1. The molecule has 0 saturated heterocycles. The predicted molar refractivity (Wildman–Crippen MR) is 56.5 cm³/mol. The van der Waals surface area contributed by atoms with Gasteiger partial charge in [-0.15, -0.1) is 0 Å². The van der Waals surface area contributed by atoms with Crippen LogP contribution in [0.3, 0.4) is 0 Å². The van der Waals surface area contributed by atoms with Crippen molar-refractivity contribution in [2.45, 2.75) is 13.0 Å². The van der Waals surface area contributed by atoms with Crippen LogP contribution in [0.5, 0.6) is 5.88 Å². The highest BCUT2D eigenvalue weighted by atomic mass is 16.5. The Morgan fingerprint density at radius 2 is 2.25 bits per heavy atom. The number of hydrogen-bond acceptors (Lipinski definition) is 6. The Morgan fingerprint density at radius 1 is 1.56 bits per heavy atom. The zero-order chi connectivity index (χ0) is 12.0. The summed E-state index contributed by atoms with van der Waals surface area (Å²) < 4.78 is 10.4. The van der Waals surface area contributed by atoms with Crippen molar-refractivity contribution in [3.63, 3.8) is 0 Å². The molecule has 88 valence electrons. The van der Waals surface area contributed by atoms with Crippen LogP contribution < -0.4 is 10.5 Å². The van der Waals surface area contributed by atoms with E-state index in [1.165, 1.54) is 12.4 Å². The number of hydrogen-bond donors (Lipinski definition) is 2. The van der Waals surface area contributed by atoms with Crippen molar-refractivity contribution in [1.29, 1.82) is 0 Å². The molecule has 0 aliphatic carbocycles. The molecule has 0 spiro atoms. The lowest BCUT2D eigenvalue weighted by Gasteiger charge is -2.14. The van der Waals surface area contributed by atoms with Crippen LogP contribution in [0.25, 0.3) is 0 Å². The normalized spacial score (nSPS) is 13.5. The van der Waals surface area contributed by atoms with Crippen molar-refractivity contribution in [2.75, 3.05) is 13.7 Å². The zero-order valence-electron chi connectivity index (χ0n) is 9.12. The van der Waals surface area contributed by atoms with E-state index in [2.05, 4.69) is 15.1 Å². The Morgan fingerprint density at radius 3 is 2.88 bits per heavy atom. The second-order valence-corrected chi connectivity index (χ2v) is 3.08. The SMILES string of the molecule is COCC(C)Oc1nccnc1C(N)=NO. The summed E-state index contributed by atoms with van der Waals surface area (Å²) in [7, 11) is 1.57. The number of aromatic nitrogens is 2. The monoisotopic (exact) mass is 226 g/mol. The van der Waals surface area contributed by atoms with Crippen LogP contribution in [0.4, 0.5) is 0 Å². The maximum atomic E-state index is 8.57. The Labute approximate surface area is 92.9 Å². The number of nitrogens with zero attached hydrogens (tertiary/aromatic N) is 3. The van der Waals surface area contributed by atoms with E-state index in [9.17, 15) is 0 Å². The predicted octanol–water partition coefficient (Wildman–Crippen LogP) is -0.0152. The van der Waals surface area contributed by atoms with Gasteiger partial charge < -0.3 is 20.4 Å². The smallest absolute Gasteiger partial charge is 0.244 e. The van der Waals surface area contributed by atoms with Gasteiger partial charge in [0.1, 0.15) is 6.10 Å². The maximum Gasteiger partial charge on any atom is 0.244 e. The fourth-order valence-electron chi connectivity index (χ4n) is 1.09. The first kappa shape index (κ1) is 12.2. The third-order valence-electron chi connectivity index (χ3n) is 1.73. The van der Waals surface area contributed by atoms with Crippen molar-refractivity contribution in [3.8, 4) is 5.88 Å². The van der Waals surface area contributed by atoms with Crippen molar-refractivity contribution in [1.82, 2.24) is 9.97 Å². The van der Waals surface area contributed by atoms with E-state index < -0.39 is 0 Å². The fraction of sp³-hybridized carbons (Fsp3) is 0.444. The molecule has 1 aromatic heterocycles. The van der Waals surface area contributed by atoms with Gasteiger partial charge in [0.15, 0.2) is 11.5 Å². The first-order chi connectivity index (χ1) is 7.69. The van der Waals surface area contributed by atoms with Crippen LogP contribution in [0.15, 0.2) is 17.5 Å². The molecule has 0 aliphatic heterocycles. The summed E-state index contributed by atoms with van der Waals surface area (Å²) in [5.41, 5.74) is 5.63. The molecule has 0 aliphatic rings. The minimum atomic E-state index is -0.202. The molecule has 1 atom stereocenters. The van der Waals surface area contributed by atoms with Crippen molar-refractivity contribution < 1.29 is 14.7 Å². The van der Waals surface area contributed by atoms with Gasteiger partial charge in [-0.2, -0.15) is 0 Å². The molecule has 0 amide bonds. The quantitative estimate of drug-likeness (QED) is 0.316. The molecule has 0 bridgehead atoms. The van der Waals surface area contributed by atoms with Crippen LogP contribution in [-0.4, -0.2) is 40.8 Å². The average Bonchev–Trinajstić information content (AvgIpc) is 2.29. The number of rotatable bonds is 5. The topological polar surface area (TPSA) is 103 Å². The van der Waals surface area contributed by atoms with Crippen LogP contribution in [0.1, 0.15) is 12.6 Å². The Hall–Kier alpha value is -1.89. The highest BCUT2D eigenvalue weighted by molar-refractivity contribution is 5.97. The summed E-state index contributed by atoms with van der Waals surface area (Å²) in [5, 5.41) is 11.4. The standard InChI is InChI=1S/C9H14N4O3/c1-6(5-15-2)16-9-7(8(10)13-14)11-3-4-12-9/h3-4,6,14H,5H2,1-2H3,(H2,10,13). The highest BCUT2D eigenvalue weighted by Crippen LogP contribution is 2.12. The molecule has 1 heterocycles. The molecule has 0 saturated carbocycles. The summed E-state index contributed by atoms with van der Waals surface area (Å²) >= 11 is 0. The first-order valence-electron chi connectivity index (χ1n) is 4.63. The van der Waals surface area contributed by atoms with Gasteiger partial charge in [-0.25, -0.2) is 9.97 Å². The summed E-state index contributed by atoms with van der Waals surface area (Å²) in [4.78, 5) is 7.88. The summed E-state index contributed by atoms with van der Waals surface area (Å²) in [6.45, 7) is 2.22. The minimum absolute atomic E-state index is 0.146. The van der Waals surface area contributed by atoms with E-state index >= 15 is 0 Å². The van der Waals surface area contributed by atoms with E-state index in [1.54, 1.807) is 7.11 Å². The number of oxime groups is 1. The molecule has 0 aromatic carbocycles. The third kappa shape index (κ3) is 3.06. The van der Waals surface area contributed by atoms with Gasteiger partial charge in [0.25, 0.3) is 0 Å². The van der Waals surface area contributed by atoms with Crippen LogP contribution in [0, 0.1) is 0 Å². The van der Waals surface area contributed by atoms with Crippen LogP contribution >= 0.6 is 0 Å². The van der Waals surface area contributed by atoms with Crippen LogP contribution in [-0.2, 0) is 4.74 Å². The number of amidine groups is 1. The number of nitrogens with two attached hydrogens (primary N) is 1. The summed E-state index contributed by atoms with van der Waals surface area (Å²) in [6, 6.07) is 0. The lowest BCUT2D eigenvalue weighted by molar-refractivity contribution is 0.0885. The zero-order valence-corrected chi connectivity index (χ0v) is 9.12. The Kier molecular flexibility index (Phi) is 4.46. The number of ether oxygens (including phenoxy) is 2. The summed E-state index contributed by atoms with van der Waals surface area (Å²) in [5.74, 6) is 0.0649. The lowest BCUT2D eigenvalue weighted by atomic mass is 10.4. The van der Waals surface area contributed by atoms with Gasteiger partial charge in [0, 0.05) is 19.5 Å². The van der Waals surface area contributed by atoms with Gasteiger partial charge in [-0.1, -0.05) is 5.16 Å². The van der Waals surface area contributed by atoms with Crippen LogP contribution in [0.2, 0.25) is 0 Å². The molecule has 1 aromatic rings. The maximum absolute atomic E-state index is 8.57. The molecule has 1 unspecified atom stereocenters. The van der Waals surface area contributed by atoms with Gasteiger partial charge in [0.2, 0.25) is 5.88 Å². The van der Waals surface area contributed by atoms with E-state index in [0.717, 1.165) is 0 Å². The molecule has 1 rings (SSSR count). The molecule has 16 heavy (non-hydrogen) atoms. The van der Waals surface area contributed by atoms with E-state index in [0.29, 0.717) is 6.61 Å².